The zero-order valence-electron chi connectivity index (χ0n) is 10.7. The molecule has 3 rings (SSSR count). The van der Waals surface area contributed by atoms with E-state index in [2.05, 4.69) is 21.2 Å². The molecule has 100 valence electrons. The zero-order valence-corrected chi connectivity index (χ0v) is 12.3. The second-order valence-electron chi connectivity index (χ2n) is 4.53. The molecule has 1 heterocycles. The Morgan fingerprint density at radius 3 is 2.60 bits per heavy atom. The van der Waals surface area contributed by atoms with Crippen molar-refractivity contribution in [2.45, 2.75) is 0 Å². The van der Waals surface area contributed by atoms with Crippen molar-refractivity contribution in [2.24, 2.45) is 0 Å². The third kappa shape index (κ3) is 2.00. The van der Waals surface area contributed by atoms with E-state index in [1.807, 2.05) is 0 Å². The molecule has 4 nitrogen and oxygen atoms in total. The van der Waals surface area contributed by atoms with Crippen molar-refractivity contribution in [3.8, 4) is 0 Å². The summed E-state index contributed by atoms with van der Waals surface area (Å²) >= 11 is 3.35. The summed E-state index contributed by atoms with van der Waals surface area (Å²) in [4.78, 5) is 26.4. The lowest BCUT2D eigenvalue weighted by atomic mass is 10.1. The fraction of sp³-hybridized carbons (Fsp3) is 0.0667. The van der Waals surface area contributed by atoms with E-state index >= 15 is 0 Å². The van der Waals surface area contributed by atoms with E-state index in [1.165, 1.54) is 4.90 Å². The van der Waals surface area contributed by atoms with Crippen LogP contribution in [-0.4, -0.2) is 18.9 Å². The molecule has 2 aromatic rings. The number of fused-ring (bicyclic) bond motifs is 2. The maximum atomic E-state index is 12.6. The fourth-order valence-corrected chi connectivity index (χ4v) is 2.60. The number of para-hydroxylation sites is 1. The lowest BCUT2D eigenvalue weighted by molar-refractivity contribution is 0.0990. The number of benzene rings is 2. The van der Waals surface area contributed by atoms with Crippen LogP contribution in [0.4, 0.5) is 11.4 Å². The number of carbonyl (C=O) groups excluding carboxylic acids is 2. The van der Waals surface area contributed by atoms with Gasteiger partial charge in [0.05, 0.1) is 22.5 Å². The third-order valence-corrected chi connectivity index (χ3v) is 3.77. The summed E-state index contributed by atoms with van der Waals surface area (Å²) < 4.78 is 0.793. The van der Waals surface area contributed by atoms with Crippen LogP contribution in [0.3, 0.4) is 0 Å². The Morgan fingerprint density at radius 1 is 1.05 bits per heavy atom. The highest BCUT2D eigenvalue weighted by atomic mass is 79.9. The summed E-state index contributed by atoms with van der Waals surface area (Å²) in [5.74, 6) is -0.378. The zero-order chi connectivity index (χ0) is 14.3. The number of nitrogens with zero attached hydrogens (tertiary/aromatic N) is 1. The van der Waals surface area contributed by atoms with Gasteiger partial charge < -0.3 is 10.2 Å². The molecule has 1 N–H and O–H groups in total. The molecule has 0 aliphatic carbocycles. The standard InChI is InChI=1S/C15H11BrN2O2/c1-18-13-5-3-2-4-10(13)14(19)17-12-7-6-9(16)8-11(12)15(18)20/h2-8H,1H3,(H,17,19). The highest BCUT2D eigenvalue weighted by Gasteiger charge is 2.25. The Kier molecular flexibility index (Phi) is 3.06. The molecule has 20 heavy (non-hydrogen) atoms. The fourth-order valence-electron chi connectivity index (χ4n) is 2.24. The summed E-state index contributed by atoms with van der Waals surface area (Å²) in [6.45, 7) is 0. The topological polar surface area (TPSA) is 49.4 Å². The maximum absolute atomic E-state index is 12.6. The SMILES string of the molecule is CN1C(=O)c2cc(Br)ccc2NC(=O)c2ccccc21. The normalized spacial score (nSPS) is 14.0. The summed E-state index contributed by atoms with van der Waals surface area (Å²) in [6, 6.07) is 12.3. The van der Waals surface area contributed by atoms with Gasteiger partial charge in [-0.15, -0.1) is 0 Å². The minimum Gasteiger partial charge on any atom is -0.321 e. The van der Waals surface area contributed by atoms with Gasteiger partial charge in [-0.3, -0.25) is 9.59 Å². The molecule has 2 aromatic carbocycles. The van der Waals surface area contributed by atoms with Crippen LogP contribution >= 0.6 is 15.9 Å². The van der Waals surface area contributed by atoms with Crippen LogP contribution in [0.15, 0.2) is 46.9 Å². The predicted octanol–water partition coefficient (Wildman–Crippen LogP) is 3.29. The average Bonchev–Trinajstić information content (AvgIpc) is 2.46. The molecule has 0 saturated carbocycles. The van der Waals surface area contributed by atoms with Crippen molar-refractivity contribution in [3.63, 3.8) is 0 Å². The highest BCUT2D eigenvalue weighted by Crippen LogP contribution is 2.29. The molecule has 5 heteroatoms. The summed E-state index contributed by atoms with van der Waals surface area (Å²) in [5, 5.41) is 2.79. The average molecular weight is 331 g/mol. The van der Waals surface area contributed by atoms with Crippen LogP contribution in [0.1, 0.15) is 20.7 Å². The minimum absolute atomic E-state index is 0.159. The van der Waals surface area contributed by atoms with Gasteiger partial charge >= 0.3 is 0 Å². The van der Waals surface area contributed by atoms with Crippen LogP contribution in [0.25, 0.3) is 0 Å². The molecular weight excluding hydrogens is 320 g/mol. The van der Waals surface area contributed by atoms with E-state index in [1.54, 1.807) is 49.5 Å². The predicted molar refractivity (Wildman–Crippen MR) is 81.3 cm³/mol. The van der Waals surface area contributed by atoms with E-state index in [4.69, 9.17) is 0 Å². The van der Waals surface area contributed by atoms with E-state index in [0.29, 0.717) is 22.5 Å². The van der Waals surface area contributed by atoms with Crippen molar-refractivity contribution in [3.05, 3.63) is 58.1 Å². The van der Waals surface area contributed by atoms with Crippen LogP contribution in [0.5, 0.6) is 0 Å². The molecule has 0 bridgehead atoms. The number of amides is 2. The second-order valence-corrected chi connectivity index (χ2v) is 5.44. The Labute approximate surface area is 124 Å². The number of anilines is 2. The number of halogens is 1. The quantitative estimate of drug-likeness (QED) is 0.805. The van der Waals surface area contributed by atoms with Crippen LogP contribution in [0.2, 0.25) is 0 Å². The van der Waals surface area contributed by atoms with Crippen molar-refractivity contribution >= 4 is 39.1 Å². The van der Waals surface area contributed by atoms with E-state index < -0.39 is 0 Å². The van der Waals surface area contributed by atoms with Crippen molar-refractivity contribution < 1.29 is 9.59 Å². The van der Waals surface area contributed by atoms with Crippen molar-refractivity contribution in [1.29, 1.82) is 0 Å². The van der Waals surface area contributed by atoms with Gasteiger partial charge in [-0.25, -0.2) is 0 Å². The molecule has 0 atom stereocenters. The molecule has 0 fully saturated rings. The summed E-state index contributed by atoms with van der Waals surface area (Å²) in [6.07, 6.45) is 0. The molecular formula is C15H11BrN2O2. The van der Waals surface area contributed by atoms with E-state index in [0.717, 1.165) is 4.47 Å². The van der Waals surface area contributed by atoms with Gasteiger partial charge in [-0.05, 0) is 30.3 Å². The molecule has 2 amide bonds. The Hall–Kier alpha value is -2.14. The Balaban J connectivity index is 2.22. The first kappa shape index (κ1) is 12.9. The van der Waals surface area contributed by atoms with Gasteiger partial charge in [-0.2, -0.15) is 0 Å². The largest absolute Gasteiger partial charge is 0.321 e. The summed E-state index contributed by atoms with van der Waals surface area (Å²) in [7, 11) is 1.67. The number of hydrogen-bond donors (Lipinski definition) is 1. The Morgan fingerprint density at radius 2 is 1.80 bits per heavy atom. The van der Waals surface area contributed by atoms with E-state index in [-0.39, 0.29) is 11.8 Å². The van der Waals surface area contributed by atoms with Crippen LogP contribution in [0, 0.1) is 0 Å². The smallest absolute Gasteiger partial charge is 0.260 e. The monoisotopic (exact) mass is 330 g/mol. The van der Waals surface area contributed by atoms with Gasteiger partial charge in [0.2, 0.25) is 0 Å². The Bertz CT molecular complexity index is 728. The lowest BCUT2D eigenvalue weighted by Crippen LogP contribution is -2.32. The lowest BCUT2D eigenvalue weighted by Gasteiger charge is -2.24. The second kappa shape index (κ2) is 4.76. The molecule has 0 radical (unpaired) electrons. The minimum atomic E-state index is -0.219. The molecule has 1 aliphatic heterocycles. The first-order valence-electron chi connectivity index (χ1n) is 6.06. The number of rotatable bonds is 0. The number of hydrogen-bond acceptors (Lipinski definition) is 2. The van der Waals surface area contributed by atoms with E-state index in [9.17, 15) is 9.59 Å². The molecule has 1 aliphatic rings. The van der Waals surface area contributed by atoms with Crippen molar-refractivity contribution in [1.82, 2.24) is 0 Å². The van der Waals surface area contributed by atoms with Crippen LogP contribution < -0.4 is 10.2 Å². The molecule has 0 aromatic heterocycles. The molecule has 0 unspecified atom stereocenters. The highest BCUT2D eigenvalue weighted by molar-refractivity contribution is 9.10. The molecule has 0 spiro atoms. The molecule has 0 saturated heterocycles. The first-order chi connectivity index (χ1) is 9.58. The van der Waals surface area contributed by atoms with Crippen molar-refractivity contribution in [2.75, 3.05) is 17.3 Å². The van der Waals surface area contributed by atoms with Crippen LogP contribution in [-0.2, 0) is 0 Å². The van der Waals surface area contributed by atoms with Gasteiger partial charge in [0, 0.05) is 11.5 Å². The van der Waals surface area contributed by atoms with Gasteiger partial charge in [0.15, 0.2) is 0 Å². The van der Waals surface area contributed by atoms with Gasteiger partial charge in [-0.1, -0.05) is 28.1 Å². The maximum Gasteiger partial charge on any atom is 0.260 e. The number of nitrogens with one attached hydrogen (secondary N) is 1. The first-order valence-corrected chi connectivity index (χ1v) is 6.85. The van der Waals surface area contributed by atoms with Gasteiger partial charge in [0.1, 0.15) is 0 Å². The summed E-state index contributed by atoms with van der Waals surface area (Å²) in [5.41, 5.74) is 2.06. The van der Waals surface area contributed by atoms with Gasteiger partial charge in [0.25, 0.3) is 11.8 Å². The number of carbonyl (C=O) groups is 2. The third-order valence-electron chi connectivity index (χ3n) is 3.27.